The lowest BCUT2D eigenvalue weighted by Gasteiger charge is -2.42. The molecular weight excluding hydrogens is 693 g/mol. The van der Waals surface area contributed by atoms with Crippen LogP contribution in [0.15, 0.2) is 11.6 Å². The van der Waals surface area contributed by atoms with Crippen LogP contribution in [-0.2, 0) is 33.4 Å². The van der Waals surface area contributed by atoms with Gasteiger partial charge in [-0.1, -0.05) is 199 Å². The SMILES string of the molecule is CCCCCCCCCCCCCCCCC1=C[C@@H](C(=O)OC)[C@H]2C(=O)[C@@H](C(=O)OC)[C@@](O)(CCCCCCCCCCCCCCCC)[C@H]2[C@@H]1C(=O)OC. The van der Waals surface area contributed by atoms with Gasteiger partial charge in [-0.05, 0) is 19.3 Å². The van der Waals surface area contributed by atoms with Crippen LogP contribution in [-0.4, -0.2) is 55.7 Å². The molecule has 1 fully saturated rings. The quantitative estimate of drug-likeness (QED) is 0.0230. The molecule has 0 heterocycles. The number of carbonyl (C=O) groups is 4. The zero-order valence-electron chi connectivity index (χ0n) is 36.0. The van der Waals surface area contributed by atoms with Gasteiger partial charge < -0.3 is 19.3 Å². The Morgan fingerprint density at radius 2 is 0.909 bits per heavy atom. The first-order chi connectivity index (χ1) is 26.7. The molecule has 0 aromatic rings. The molecule has 0 bridgehead atoms. The van der Waals surface area contributed by atoms with Gasteiger partial charge >= 0.3 is 17.9 Å². The summed E-state index contributed by atoms with van der Waals surface area (Å²) in [5, 5.41) is 12.6. The summed E-state index contributed by atoms with van der Waals surface area (Å²) in [6.07, 6.45) is 36.1. The Morgan fingerprint density at radius 3 is 1.29 bits per heavy atom. The van der Waals surface area contributed by atoms with E-state index in [-0.39, 0.29) is 6.42 Å². The molecule has 0 aromatic carbocycles. The van der Waals surface area contributed by atoms with Crippen LogP contribution in [0.1, 0.15) is 206 Å². The molecule has 0 amide bonds. The third-order valence-electron chi connectivity index (χ3n) is 12.7. The molecule has 8 heteroatoms. The summed E-state index contributed by atoms with van der Waals surface area (Å²) in [6, 6.07) is 0. The number of unbranched alkanes of at least 4 members (excludes halogenated alkanes) is 26. The average molecular weight is 775 g/mol. The molecule has 6 atom stereocenters. The fraction of sp³-hybridized carbons (Fsp3) is 0.872. The highest BCUT2D eigenvalue weighted by molar-refractivity contribution is 6.06. The van der Waals surface area contributed by atoms with Crippen molar-refractivity contribution in [3.05, 3.63) is 11.6 Å². The lowest BCUT2D eigenvalue weighted by molar-refractivity contribution is -0.165. The average Bonchev–Trinajstić information content (AvgIpc) is 3.42. The fourth-order valence-corrected chi connectivity index (χ4v) is 9.57. The third kappa shape index (κ3) is 16.3. The number of aliphatic hydroxyl groups is 1. The van der Waals surface area contributed by atoms with Crippen molar-refractivity contribution in [2.24, 2.45) is 29.6 Å². The number of rotatable bonds is 33. The number of ketones is 1. The van der Waals surface area contributed by atoms with Crippen LogP contribution >= 0.6 is 0 Å². The minimum atomic E-state index is -1.86. The molecule has 55 heavy (non-hydrogen) atoms. The summed E-state index contributed by atoms with van der Waals surface area (Å²) in [5.74, 6) is -8.03. The second-order valence-corrected chi connectivity index (χ2v) is 16.9. The lowest BCUT2D eigenvalue weighted by atomic mass is 9.62. The van der Waals surface area contributed by atoms with Crippen LogP contribution in [0.3, 0.4) is 0 Å². The minimum Gasteiger partial charge on any atom is -0.469 e. The van der Waals surface area contributed by atoms with E-state index in [9.17, 15) is 24.3 Å². The van der Waals surface area contributed by atoms with Gasteiger partial charge in [-0.2, -0.15) is 0 Å². The number of carbonyl (C=O) groups excluding carboxylic acids is 4. The van der Waals surface area contributed by atoms with E-state index in [1.54, 1.807) is 6.08 Å². The van der Waals surface area contributed by atoms with Crippen LogP contribution in [0.25, 0.3) is 0 Å². The largest absolute Gasteiger partial charge is 0.469 e. The topological polar surface area (TPSA) is 116 Å². The fourth-order valence-electron chi connectivity index (χ4n) is 9.57. The number of hydrogen-bond donors (Lipinski definition) is 1. The maximum atomic E-state index is 14.1. The van der Waals surface area contributed by atoms with Crippen molar-refractivity contribution in [3.8, 4) is 0 Å². The first kappa shape index (κ1) is 48.9. The molecule has 1 N–H and O–H groups in total. The van der Waals surface area contributed by atoms with Crippen molar-refractivity contribution in [2.75, 3.05) is 21.3 Å². The smallest absolute Gasteiger partial charge is 0.319 e. The van der Waals surface area contributed by atoms with E-state index in [0.29, 0.717) is 18.4 Å². The van der Waals surface area contributed by atoms with Gasteiger partial charge in [0, 0.05) is 11.8 Å². The maximum absolute atomic E-state index is 14.1. The van der Waals surface area contributed by atoms with Crippen LogP contribution in [0.2, 0.25) is 0 Å². The Bertz CT molecular complexity index is 1120. The molecule has 318 valence electrons. The highest BCUT2D eigenvalue weighted by Crippen LogP contribution is 2.57. The van der Waals surface area contributed by atoms with Gasteiger partial charge in [0.2, 0.25) is 0 Å². The van der Waals surface area contributed by atoms with Crippen LogP contribution in [0.4, 0.5) is 0 Å². The summed E-state index contributed by atoms with van der Waals surface area (Å²) in [7, 11) is 3.80. The Morgan fingerprint density at radius 1 is 0.545 bits per heavy atom. The first-order valence-electron chi connectivity index (χ1n) is 22.9. The molecule has 2 aliphatic rings. The normalized spacial score (nSPS) is 23.3. The van der Waals surface area contributed by atoms with Crippen molar-refractivity contribution >= 4 is 23.7 Å². The van der Waals surface area contributed by atoms with Gasteiger partial charge in [-0.3, -0.25) is 19.2 Å². The lowest BCUT2D eigenvalue weighted by Crippen LogP contribution is -2.51. The molecule has 0 aliphatic heterocycles. The van der Waals surface area contributed by atoms with Crippen molar-refractivity contribution < 1.29 is 38.5 Å². The first-order valence-corrected chi connectivity index (χ1v) is 22.9. The van der Waals surface area contributed by atoms with E-state index < -0.39 is 58.9 Å². The van der Waals surface area contributed by atoms with Crippen molar-refractivity contribution in [1.82, 2.24) is 0 Å². The van der Waals surface area contributed by atoms with Crippen molar-refractivity contribution in [3.63, 3.8) is 0 Å². The van der Waals surface area contributed by atoms with E-state index in [2.05, 4.69) is 13.8 Å². The molecule has 8 nitrogen and oxygen atoms in total. The summed E-state index contributed by atoms with van der Waals surface area (Å²) in [4.78, 5) is 54.3. The molecule has 0 unspecified atom stereocenters. The highest BCUT2D eigenvalue weighted by Gasteiger charge is 2.69. The molecule has 0 saturated heterocycles. The molecule has 0 aromatic heterocycles. The zero-order valence-corrected chi connectivity index (χ0v) is 36.0. The summed E-state index contributed by atoms with van der Waals surface area (Å²) >= 11 is 0. The van der Waals surface area contributed by atoms with Gasteiger partial charge in [0.25, 0.3) is 0 Å². The molecule has 0 radical (unpaired) electrons. The van der Waals surface area contributed by atoms with Crippen LogP contribution in [0.5, 0.6) is 0 Å². The van der Waals surface area contributed by atoms with Gasteiger partial charge in [0.1, 0.15) is 5.92 Å². The van der Waals surface area contributed by atoms with Crippen LogP contribution < -0.4 is 0 Å². The predicted molar refractivity (Wildman–Crippen MR) is 221 cm³/mol. The molecule has 0 spiro atoms. The second kappa shape index (κ2) is 29.1. The molecule has 2 aliphatic carbocycles. The molecular formula is C47H82O8. The van der Waals surface area contributed by atoms with Crippen molar-refractivity contribution in [2.45, 2.75) is 212 Å². The Balaban J connectivity index is 2.01. The van der Waals surface area contributed by atoms with Crippen molar-refractivity contribution in [1.29, 1.82) is 0 Å². The van der Waals surface area contributed by atoms with Gasteiger partial charge in [-0.25, -0.2) is 0 Å². The molecule has 1 saturated carbocycles. The number of fused-ring (bicyclic) bond motifs is 1. The monoisotopic (exact) mass is 775 g/mol. The number of hydrogen-bond acceptors (Lipinski definition) is 8. The number of ether oxygens (including phenoxy) is 3. The zero-order chi connectivity index (χ0) is 40.3. The van der Waals surface area contributed by atoms with E-state index in [1.165, 1.54) is 156 Å². The number of esters is 3. The van der Waals surface area contributed by atoms with E-state index >= 15 is 0 Å². The van der Waals surface area contributed by atoms with E-state index in [0.717, 1.165) is 38.5 Å². The molecule has 2 rings (SSSR count). The number of Topliss-reactive ketones (excluding diaryl/α,β-unsaturated/α-hetero) is 1. The number of methoxy groups -OCH3 is 3. The summed E-state index contributed by atoms with van der Waals surface area (Å²) < 4.78 is 15.6. The van der Waals surface area contributed by atoms with E-state index in [4.69, 9.17) is 14.2 Å². The van der Waals surface area contributed by atoms with Gasteiger partial charge in [-0.15, -0.1) is 0 Å². The standard InChI is InChI=1S/C47H82O8/c1-6-8-10-12-14-16-18-20-22-24-26-28-30-32-34-37-36-38(44(49)53-3)40-41(39(37)45(50)54-4)47(52,42(43(40)48)46(51)55-5)35-33-31-29-27-25-23-21-19-17-15-13-11-9-7-2/h36,38-42,52H,6-35H2,1-5H3/t38-,39-,40-,41+,42+,47-/m1/s1. The van der Waals surface area contributed by atoms with Crippen LogP contribution in [0, 0.1) is 29.6 Å². The summed E-state index contributed by atoms with van der Waals surface area (Å²) in [5.41, 5.74) is -1.16. The second-order valence-electron chi connectivity index (χ2n) is 16.9. The van der Waals surface area contributed by atoms with Gasteiger partial charge in [0.15, 0.2) is 5.78 Å². The van der Waals surface area contributed by atoms with E-state index in [1.807, 2.05) is 0 Å². The Kier molecular flexibility index (Phi) is 25.9. The third-order valence-corrected chi connectivity index (χ3v) is 12.7. The predicted octanol–water partition coefficient (Wildman–Crippen LogP) is 11.6. The highest BCUT2D eigenvalue weighted by atomic mass is 16.5. The Labute approximate surface area is 336 Å². The maximum Gasteiger partial charge on any atom is 0.319 e. The Hall–Kier alpha value is -2.22. The van der Waals surface area contributed by atoms with Gasteiger partial charge in [0.05, 0.1) is 38.8 Å². The summed E-state index contributed by atoms with van der Waals surface area (Å²) in [6.45, 7) is 4.50. The minimum absolute atomic E-state index is 0.158.